The first-order valence-electron chi connectivity index (χ1n) is 10.8. The van der Waals surface area contributed by atoms with E-state index in [-0.39, 0.29) is 17.5 Å². The van der Waals surface area contributed by atoms with Gasteiger partial charge < -0.3 is 14.4 Å². The van der Waals surface area contributed by atoms with Crippen LogP contribution in [0.3, 0.4) is 0 Å². The van der Waals surface area contributed by atoms with Crippen LogP contribution in [-0.2, 0) is 9.59 Å². The van der Waals surface area contributed by atoms with Crippen LogP contribution < -0.4 is 9.47 Å². The molecule has 0 aromatic heterocycles. The van der Waals surface area contributed by atoms with Gasteiger partial charge in [0, 0.05) is 51.4 Å². The van der Waals surface area contributed by atoms with Crippen LogP contribution >= 0.6 is 24.0 Å². The molecule has 2 aromatic carbocycles. The average molecular weight is 598 g/mol. The van der Waals surface area contributed by atoms with Gasteiger partial charge in [-0.15, -0.1) is 0 Å². The van der Waals surface area contributed by atoms with Crippen molar-refractivity contribution in [2.45, 2.75) is 12.8 Å². The zero-order chi connectivity index (χ0) is 29.9. The number of carbonyl (C=O) groups is 2. The van der Waals surface area contributed by atoms with Crippen molar-refractivity contribution < 1.29 is 45.9 Å². The highest BCUT2D eigenvalue weighted by Crippen LogP contribution is 2.28. The number of likely N-dealkylation sites (tertiary alicyclic amines) is 1. The van der Waals surface area contributed by atoms with Gasteiger partial charge in [0.1, 0.15) is 10.1 Å². The van der Waals surface area contributed by atoms with Crippen molar-refractivity contribution in [1.82, 2.24) is 9.80 Å². The summed E-state index contributed by atoms with van der Waals surface area (Å²) in [5.41, 5.74) is 0.0748. The molecule has 0 aliphatic carbocycles. The number of non-ortho nitro benzene ring substituents is 1. The first-order valence-corrected chi connectivity index (χ1v) is 12.2. The molecule has 0 radical (unpaired) electrons. The molecule has 2 fully saturated rings. The Morgan fingerprint density at radius 2 is 1.33 bits per heavy atom. The van der Waals surface area contributed by atoms with Gasteiger partial charge in [-0.1, -0.05) is 24.0 Å². The molecule has 0 unspecified atom stereocenters. The zero-order valence-electron chi connectivity index (χ0n) is 21.1. The van der Waals surface area contributed by atoms with Gasteiger partial charge in [0.15, 0.2) is 5.75 Å². The van der Waals surface area contributed by atoms with E-state index in [9.17, 15) is 41.7 Å². The average Bonchev–Trinajstić information content (AvgIpc) is 3.45. The lowest BCUT2D eigenvalue weighted by atomic mass is 10.3. The van der Waals surface area contributed by atoms with Crippen LogP contribution in [0, 0.1) is 39.2 Å². The number of thioether (sulfide) groups is 1. The van der Waals surface area contributed by atoms with Crippen LogP contribution in [0.5, 0.6) is 11.5 Å². The highest BCUT2D eigenvalue weighted by Gasteiger charge is 2.26. The number of hydrogen-bond acceptors (Lipinski definition) is 8. The minimum Gasteiger partial charge on any atom is -0.497 e. The number of rotatable bonds is 3. The van der Waals surface area contributed by atoms with Crippen LogP contribution in [0.4, 0.5) is 27.6 Å². The van der Waals surface area contributed by atoms with Crippen molar-refractivity contribution in [1.29, 1.82) is 0 Å². The molecule has 16 heteroatoms. The maximum atomic E-state index is 12.6. The van der Waals surface area contributed by atoms with Crippen molar-refractivity contribution >= 4 is 45.8 Å². The number of halogens is 5. The third-order valence-corrected chi connectivity index (χ3v) is 6.53. The fourth-order valence-electron chi connectivity index (χ4n) is 2.63. The van der Waals surface area contributed by atoms with E-state index in [1.54, 1.807) is 23.9 Å². The molecule has 2 aliphatic rings. The van der Waals surface area contributed by atoms with E-state index in [1.807, 2.05) is 7.05 Å². The van der Waals surface area contributed by atoms with E-state index in [2.05, 4.69) is 9.64 Å². The minimum absolute atomic E-state index is 0.0602. The first-order chi connectivity index (χ1) is 18.3. The van der Waals surface area contributed by atoms with Gasteiger partial charge in [-0.25, -0.2) is 13.2 Å². The molecule has 2 heterocycles. The van der Waals surface area contributed by atoms with Gasteiger partial charge in [0.25, 0.3) is 5.69 Å². The number of nitrogens with zero attached hydrogens (tertiary/aromatic N) is 3. The van der Waals surface area contributed by atoms with Crippen molar-refractivity contribution in [2.24, 2.45) is 0 Å². The topological polar surface area (TPSA) is 102 Å². The van der Waals surface area contributed by atoms with Gasteiger partial charge in [-0.3, -0.25) is 24.6 Å². The largest absolute Gasteiger partial charge is 0.497 e. The third-order valence-electron chi connectivity index (χ3n) is 4.92. The van der Waals surface area contributed by atoms with Crippen molar-refractivity contribution in [3.8, 4) is 11.5 Å². The van der Waals surface area contributed by atoms with Crippen LogP contribution in [-0.4, -0.2) is 71.5 Å². The molecule has 2 saturated heterocycles. The summed E-state index contributed by atoms with van der Waals surface area (Å²) in [7, 11) is 5.86. The number of hydrogen-bond donors (Lipinski definition) is 0. The number of amides is 2. The molecule has 9 nitrogen and oxygen atoms in total. The Balaban J connectivity index is 0.000000267. The second kappa shape index (κ2) is 15.8. The van der Waals surface area contributed by atoms with Crippen molar-refractivity contribution in [2.75, 3.05) is 40.6 Å². The maximum absolute atomic E-state index is 12.6. The van der Waals surface area contributed by atoms with E-state index in [0.717, 1.165) is 18.0 Å². The highest BCUT2D eigenvalue weighted by atomic mass is 32.2. The smallest absolute Gasteiger partial charge is 0.269 e. The summed E-state index contributed by atoms with van der Waals surface area (Å²) in [5.74, 6) is -9.79. The molecule has 0 N–H and O–H groups in total. The number of ether oxygens (including phenoxy) is 2. The Hall–Kier alpha value is -3.53. The van der Waals surface area contributed by atoms with Crippen molar-refractivity contribution in [3.63, 3.8) is 0 Å². The van der Waals surface area contributed by atoms with Gasteiger partial charge in [-0.05, 0) is 12.1 Å². The number of carbonyl (C=O) groups excluding carboxylic acids is 2. The van der Waals surface area contributed by atoms with Crippen LogP contribution in [0.1, 0.15) is 12.8 Å². The number of methoxy groups -OCH3 is 2. The normalized spacial score (nSPS) is 14.0. The molecule has 39 heavy (non-hydrogen) atoms. The summed E-state index contributed by atoms with van der Waals surface area (Å²) < 4.78 is 72.0. The van der Waals surface area contributed by atoms with Crippen LogP contribution in [0.25, 0.3) is 0 Å². The molecule has 2 aromatic rings. The molecule has 214 valence electrons. The molecule has 0 saturated carbocycles. The van der Waals surface area contributed by atoms with Gasteiger partial charge in [0.05, 0.1) is 19.1 Å². The lowest BCUT2D eigenvalue weighted by Gasteiger charge is -2.05. The van der Waals surface area contributed by atoms with Gasteiger partial charge in [-0.2, -0.15) is 8.78 Å². The lowest BCUT2D eigenvalue weighted by Crippen LogP contribution is -2.23. The summed E-state index contributed by atoms with van der Waals surface area (Å²) in [6.07, 6.45) is 0.796. The fraction of sp³-hybridized carbons (Fsp3) is 0.348. The summed E-state index contributed by atoms with van der Waals surface area (Å²) in [6, 6.07) is 5.91. The Kier molecular flexibility index (Phi) is 13.6. The van der Waals surface area contributed by atoms with E-state index in [4.69, 9.17) is 17.0 Å². The zero-order valence-corrected chi connectivity index (χ0v) is 22.8. The predicted octanol–water partition coefficient (Wildman–Crippen LogP) is 4.71. The van der Waals surface area contributed by atoms with Crippen molar-refractivity contribution in [3.05, 3.63) is 63.5 Å². The second-order valence-electron chi connectivity index (χ2n) is 7.44. The Labute approximate surface area is 230 Å². The first kappa shape index (κ1) is 33.5. The van der Waals surface area contributed by atoms with Gasteiger partial charge >= 0.3 is 0 Å². The monoisotopic (exact) mass is 597 g/mol. The van der Waals surface area contributed by atoms with E-state index in [0.29, 0.717) is 18.6 Å². The third kappa shape index (κ3) is 9.62. The fourth-order valence-corrected chi connectivity index (χ4v) is 3.82. The minimum atomic E-state index is -2.20. The van der Waals surface area contributed by atoms with E-state index >= 15 is 0 Å². The Morgan fingerprint density at radius 3 is 1.59 bits per heavy atom. The number of nitro benzene ring substituents is 1. The Morgan fingerprint density at radius 1 is 0.872 bits per heavy atom. The standard InChI is InChI=1S/C7H3F5O.C7H7NO3.C5H7NO2.C4H7NS2/c1-13-7-5(11)3(9)2(8)4(10)6(7)12;1-11-7-4-2-6(3-5-7)8(9)10;1-6-4(7)2-3-5(6)8;1-5-2-3-7-4(5)6/h1H3;2-5H,1H3;2-3H2,1H3;2-3H2,1H3. The Bertz CT molecular complexity index is 1160. The molecular weight excluding hydrogens is 573 g/mol. The predicted molar refractivity (Wildman–Crippen MR) is 137 cm³/mol. The number of thiocarbonyl (C=S) groups is 1. The molecule has 0 spiro atoms. The summed E-state index contributed by atoms with van der Waals surface area (Å²) in [6.45, 7) is 1.13. The number of benzene rings is 2. The number of imide groups is 1. The van der Waals surface area contributed by atoms with E-state index < -0.39 is 39.8 Å². The molecule has 2 aliphatic heterocycles. The molecular formula is C23H24F5N3O6S2. The second-order valence-corrected chi connectivity index (χ2v) is 9.17. The van der Waals surface area contributed by atoms with Crippen LogP contribution in [0.15, 0.2) is 24.3 Å². The van der Waals surface area contributed by atoms with Gasteiger partial charge in [0.2, 0.25) is 40.9 Å². The lowest BCUT2D eigenvalue weighted by molar-refractivity contribution is -0.384. The molecule has 4 rings (SSSR count). The number of nitro groups is 1. The summed E-state index contributed by atoms with van der Waals surface area (Å²) >= 11 is 6.69. The quantitative estimate of drug-likeness (QED) is 0.0947. The summed E-state index contributed by atoms with van der Waals surface area (Å²) in [4.78, 5) is 34.0. The molecule has 2 amide bonds. The maximum Gasteiger partial charge on any atom is 0.269 e. The highest BCUT2D eigenvalue weighted by molar-refractivity contribution is 8.23. The van der Waals surface area contributed by atoms with E-state index in [1.165, 1.54) is 36.9 Å². The molecule has 0 bridgehead atoms. The van der Waals surface area contributed by atoms with Crippen LogP contribution in [0.2, 0.25) is 0 Å². The summed E-state index contributed by atoms with van der Waals surface area (Å²) in [5, 5.41) is 10.2. The SMILES string of the molecule is CN1C(=O)CCC1=O.CN1CCSC1=S.COc1c(F)c(F)c(F)c(F)c1F.COc1ccc([N+](=O)[O-])cc1. The molecule has 0 atom stereocenters.